The van der Waals surface area contributed by atoms with E-state index in [0.29, 0.717) is 22.1 Å². The molecule has 5 heteroatoms. The minimum Gasteiger partial charge on any atom is -0.418 e. The summed E-state index contributed by atoms with van der Waals surface area (Å²) in [5, 5.41) is 0.546. The number of aromatic nitrogens is 2. The van der Waals surface area contributed by atoms with Crippen molar-refractivity contribution in [2.75, 3.05) is 0 Å². The molecule has 0 unspecified atom stereocenters. The Kier molecular flexibility index (Phi) is 2.61. The van der Waals surface area contributed by atoms with Gasteiger partial charge in [-0.25, -0.2) is 9.97 Å². The first-order valence-electron chi connectivity index (χ1n) is 4.91. The van der Waals surface area contributed by atoms with Crippen LogP contribution in [0.2, 0.25) is 5.02 Å². The smallest absolute Gasteiger partial charge is 0.247 e. The van der Waals surface area contributed by atoms with Crippen LogP contribution in [0.15, 0.2) is 45.4 Å². The van der Waals surface area contributed by atoms with Gasteiger partial charge in [-0.2, -0.15) is 0 Å². The molecule has 3 rings (SSSR count). The van der Waals surface area contributed by atoms with Crippen molar-refractivity contribution in [2.45, 2.75) is 0 Å². The van der Waals surface area contributed by atoms with Crippen LogP contribution in [0.1, 0.15) is 0 Å². The van der Waals surface area contributed by atoms with Gasteiger partial charge in [0, 0.05) is 10.7 Å². The molecule has 0 amide bonds. The number of rotatable bonds is 1. The van der Waals surface area contributed by atoms with Gasteiger partial charge in [-0.3, -0.25) is 0 Å². The molecular weight excluding hydrogens is 304 g/mol. The molecule has 1 aromatic carbocycles. The maximum absolute atomic E-state index is 5.85. The first kappa shape index (κ1) is 10.7. The largest absolute Gasteiger partial charge is 0.418 e. The number of nitrogens with zero attached hydrogens (tertiary/aromatic N) is 2. The zero-order valence-corrected chi connectivity index (χ0v) is 10.9. The molecule has 3 aromatic rings. The van der Waals surface area contributed by atoms with Crippen LogP contribution in [0.25, 0.3) is 22.7 Å². The third kappa shape index (κ3) is 1.94. The number of hydrogen-bond donors (Lipinski definition) is 0. The van der Waals surface area contributed by atoms with Gasteiger partial charge in [-0.15, -0.1) is 0 Å². The summed E-state index contributed by atoms with van der Waals surface area (Å²) in [6.45, 7) is 0. The monoisotopic (exact) mass is 308 g/mol. The molecule has 2 aromatic heterocycles. The predicted molar refractivity (Wildman–Crippen MR) is 70.0 cm³/mol. The number of pyridine rings is 1. The molecule has 0 saturated carbocycles. The van der Waals surface area contributed by atoms with Crippen LogP contribution in [-0.2, 0) is 0 Å². The average molecular weight is 310 g/mol. The molecule has 0 bridgehead atoms. The van der Waals surface area contributed by atoms with Gasteiger partial charge in [-0.1, -0.05) is 23.7 Å². The lowest BCUT2D eigenvalue weighted by Crippen LogP contribution is -1.78. The van der Waals surface area contributed by atoms with Crippen molar-refractivity contribution >= 4 is 38.8 Å². The molecular formula is C12H6BrClN2O. The van der Waals surface area contributed by atoms with E-state index < -0.39 is 0 Å². The third-order valence-electron chi connectivity index (χ3n) is 2.32. The van der Waals surface area contributed by atoms with Gasteiger partial charge in [0.25, 0.3) is 0 Å². The van der Waals surface area contributed by atoms with Gasteiger partial charge in [0.15, 0.2) is 0 Å². The lowest BCUT2D eigenvalue weighted by Gasteiger charge is -1.96. The Hall–Kier alpha value is -1.39. The van der Waals surface area contributed by atoms with Gasteiger partial charge in [0.05, 0.1) is 10.6 Å². The Morgan fingerprint density at radius 2 is 2.06 bits per heavy atom. The van der Waals surface area contributed by atoms with E-state index >= 15 is 0 Å². The summed E-state index contributed by atoms with van der Waals surface area (Å²) in [6, 6.07) is 9.45. The van der Waals surface area contributed by atoms with Crippen LogP contribution < -0.4 is 0 Å². The Morgan fingerprint density at radius 3 is 2.88 bits per heavy atom. The highest BCUT2D eigenvalue weighted by Gasteiger charge is 2.11. The van der Waals surface area contributed by atoms with Gasteiger partial charge in [0.1, 0.15) is 5.52 Å². The van der Waals surface area contributed by atoms with E-state index in [2.05, 4.69) is 25.9 Å². The minimum absolute atomic E-state index is 0.486. The fraction of sp³-hybridized carbons (Fsp3) is 0. The zero-order valence-electron chi connectivity index (χ0n) is 8.52. The third-order valence-corrected chi connectivity index (χ3v) is 3.22. The quantitative estimate of drug-likeness (QED) is 0.672. The molecule has 3 nitrogen and oxygen atoms in total. The van der Waals surface area contributed by atoms with Crippen molar-refractivity contribution in [2.24, 2.45) is 0 Å². The number of hydrogen-bond acceptors (Lipinski definition) is 3. The van der Waals surface area contributed by atoms with Gasteiger partial charge in [-0.05, 0) is 34.1 Å². The second-order valence-electron chi connectivity index (χ2n) is 3.48. The molecule has 17 heavy (non-hydrogen) atoms. The van der Waals surface area contributed by atoms with Crippen LogP contribution in [0, 0.1) is 0 Å². The molecule has 0 aliphatic rings. The summed E-state index contributed by atoms with van der Waals surface area (Å²) in [5.74, 6) is 0.530. The Balaban J connectivity index is 2.22. The molecule has 0 atom stereocenters. The van der Waals surface area contributed by atoms with E-state index in [-0.39, 0.29) is 0 Å². The summed E-state index contributed by atoms with van der Waals surface area (Å²) in [7, 11) is 0. The molecule has 0 fully saturated rings. The van der Waals surface area contributed by atoms with Gasteiger partial charge >= 0.3 is 0 Å². The maximum atomic E-state index is 5.85. The predicted octanol–water partition coefficient (Wildman–Crippen LogP) is 4.31. The average Bonchev–Trinajstić information content (AvgIpc) is 2.72. The van der Waals surface area contributed by atoms with Crippen LogP contribution in [0.5, 0.6) is 0 Å². The van der Waals surface area contributed by atoms with E-state index in [1.54, 1.807) is 12.3 Å². The summed E-state index contributed by atoms with van der Waals surface area (Å²) in [5.41, 5.74) is 2.03. The standard InChI is InChI=1S/C12H6BrClN2O/c13-9-4-2-1-3-8(9)11-16-10-5-7(14)6-15-12(10)17-11/h1-6H. The summed E-state index contributed by atoms with van der Waals surface area (Å²) >= 11 is 9.31. The van der Waals surface area contributed by atoms with Crippen LogP contribution in [0.4, 0.5) is 0 Å². The molecule has 0 radical (unpaired) electrons. The fourth-order valence-electron chi connectivity index (χ4n) is 1.55. The summed E-state index contributed by atoms with van der Waals surface area (Å²) < 4.78 is 6.51. The normalized spacial score (nSPS) is 10.9. The number of fused-ring (bicyclic) bond motifs is 1. The van der Waals surface area contributed by atoms with E-state index in [1.807, 2.05) is 24.3 Å². The molecule has 2 heterocycles. The Morgan fingerprint density at radius 1 is 1.24 bits per heavy atom. The number of oxazole rings is 1. The number of benzene rings is 1. The summed E-state index contributed by atoms with van der Waals surface area (Å²) in [6.07, 6.45) is 1.54. The van der Waals surface area contributed by atoms with Crippen molar-refractivity contribution < 1.29 is 4.42 Å². The molecule has 0 saturated heterocycles. The SMILES string of the molecule is Clc1cnc2oc(-c3ccccc3Br)nc2c1. The van der Waals surface area contributed by atoms with Crippen molar-refractivity contribution in [3.05, 3.63) is 46.0 Å². The van der Waals surface area contributed by atoms with Crippen molar-refractivity contribution in [1.29, 1.82) is 0 Å². The molecule has 0 spiro atoms. The molecule has 0 aliphatic carbocycles. The van der Waals surface area contributed by atoms with Crippen molar-refractivity contribution in [1.82, 2.24) is 9.97 Å². The summed E-state index contributed by atoms with van der Waals surface area (Å²) in [4.78, 5) is 8.44. The van der Waals surface area contributed by atoms with E-state index in [9.17, 15) is 0 Å². The van der Waals surface area contributed by atoms with Gasteiger partial charge in [0.2, 0.25) is 11.6 Å². The van der Waals surface area contributed by atoms with Crippen molar-refractivity contribution in [3.8, 4) is 11.5 Å². The van der Waals surface area contributed by atoms with E-state index in [1.165, 1.54) is 0 Å². The molecule has 0 aliphatic heterocycles. The zero-order chi connectivity index (χ0) is 11.8. The van der Waals surface area contributed by atoms with Crippen LogP contribution >= 0.6 is 27.5 Å². The maximum Gasteiger partial charge on any atom is 0.247 e. The Labute approximate surface area is 111 Å². The highest BCUT2D eigenvalue weighted by molar-refractivity contribution is 9.10. The Bertz CT molecular complexity index is 696. The number of halogens is 2. The molecule has 84 valence electrons. The first-order chi connectivity index (χ1) is 8.24. The highest BCUT2D eigenvalue weighted by atomic mass is 79.9. The van der Waals surface area contributed by atoms with E-state index in [0.717, 1.165) is 10.0 Å². The fourth-order valence-corrected chi connectivity index (χ4v) is 2.15. The van der Waals surface area contributed by atoms with Crippen molar-refractivity contribution in [3.63, 3.8) is 0 Å². The topological polar surface area (TPSA) is 38.9 Å². The lowest BCUT2D eigenvalue weighted by molar-refractivity contribution is 0.607. The van der Waals surface area contributed by atoms with Gasteiger partial charge < -0.3 is 4.42 Å². The first-order valence-corrected chi connectivity index (χ1v) is 6.08. The minimum atomic E-state index is 0.486. The second kappa shape index (κ2) is 4.13. The molecule has 0 N–H and O–H groups in total. The van der Waals surface area contributed by atoms with Crippen LogP contribution in [0.3, 0.4) is 0 Å². The van der Waals surface area contributed by atoms with Crippen LogP contribution in [-0.4, -0.2) is 9.97 Å². The second-order valence-corrected chi connectivity index (χ2v) is 4.77. The highest BCUT2D eigenvalue weighted by Crippen LogP contribution is 2.29. The van der Waals surface area contributed by atoms with E-state index in [4.69, 9.17) is 16.0 Å². The lowest BCUT2D eigenvalue weighted by atomic mass is 10.2.